The first-order valence-corrected chi connectivity index (χ1v) is 7.43. The first-order valence-electron chi connectivity index (χ1n) is 7.43. The van der Waals surface area contributed by atoms with Crippen LogP contribution in [0, 0.1) is 11.3 Å². The predicted molar refractivity (Wildman–Crippen MR) is 87.7 cm³/mol. The maximum absolute atomic E-state index is 12.4. The van der Waals surface area contributed by atoms with Crippen molar-refractivity contribution in [3.63, 3.8) is 0 Å². The Balaban J connectivity index is 1.96. The number of benzene rings is 2. The summed E-state index contributed by atoms with van der Waals surface area (Å²) in [6.07, 6.45) is 0.705. The van der Waals surface area contributed by atoms with E-state index in [0.717, 1.165) is 5.56 Å². The number of methoxy groups -OCH3 is 1. The summed E-state index contributed by atoms with van der Waals surface area (Å²) in [5.41, 5.74) is 1.81. The molecule has 1 N–H and O–H groups in total. The molecule has 130 valence electrons. The fraction of sp³-hybridized carbons (Fsp3) is 0.222. The van der Waals surface area contributed by atoms with Crippen molar-refractivity contribution in [2.45, 2.75) is 19.5 Å². The van der Waals surface area contributed by atoms with E-state index in [1.54, 1.807) is 24.3 Å². The second-order valence-electron chi connectivity index (χ2n) is 5.10. The summed E-state index contributed by atoms with van der Waals surface area (Å²) in [6, 6.07) is 13.2. The lowest BCUT2D eigenvalue weighted by atomic mass is 10.1. The molecule has 5 nitrogen and oxygen atoms in total. The van der Waals surface area contributed by atoms with Gasteiger partial charge in [0.05, 0.1) is 18.7 Å². The lowest BCUT2D eigenvalue weighted by Gasteiger charge is -2.12. The summed E-state index contributed by atoms with van der Waals surface area (Å²) < 4.78 is 34.1. The van der Waals surface area contributed by atoms with Gasteiger partial charge in [0.15, 0.2) is 11.5 Å². The van der Waals surface area contributed by atoms with Crippen molar-refractivity contribution in [3.8, 4) is 17.6 Å². The van der Waals surface area contributed by atoms with Crippen molar-refractivity contribution in [1.29, 1.82) is 5.26 Å². The first-order chi connectivity index (χ1) is 12.0. The number of nitrogens with zero attached hydrogens (tertiary/aromatic N) is 1. The van der Waals surface area contributed by atoms with Crippen molar-refractivity contribution < 1.29 is 23.0 Å². The maximum Gasteiger partial charge on any atom is 0.387 e. The lowest BCUT2D eigenvalue weighted by molar-refractivity contribution is -0.116. The maximum atomic E-state index is 12.4. The number of anilines is 1. The number of amides is 1. The Morgan fingerprint density at radius 2 is 1.92 bits per heavy atom. The zero-order valence-corrected chi connectivity index (χ0v) is 13.5. The highest BCUT2D eigenvalue weighted by atomic mass is 19.3. The van der Waals surface area contributed by atoms with Crippen LogP contribution in [0.5, 0.6) is 11.5 Å². The zero-order chi connectivity index (χ0) is 18.2. The number of ether oxygens (including phenoxy) is 2. The van der Waals surface area contributed by atoms with Crippen LogP contribution in [-0.4, -0.2) is 19.6 Å². The third kappa shape index (κ3) is 5.46. The van der Waals surface area contributed by atoms with Crippen LogP contribution in [0.15, 0.2) is 42.5 Å². The molecule has 0 bridgehead atoms. The van der Waals surface area contributed by atoms with Gasteiger partial charge in [-0.2, -0.15) is 14.0 Å². The summed E-state index contributed by atoms with van der Waals surface area (Å²) in [7, 11) is 1.34. The Bertz CT molecular complexity index is 771. The molecule has 0 aliphatic rings. The number of nitriles is 1. The Kier molecular flexibility index (Phi) is 6.29. The Morgan fingerprint density at radius 3 is 2.52 bits per heavy atom. The minimum absolute atomic E-state index is 0.149. The van der Waals surface area contributed by atoms with Crippen molar-refractivity contribution in [2.75, 3.05) is 12.4 Å². The van der Waals surface area contributed by atoms with Gasteiger partial charge in [0.2, 0.25) is 5.91 Å². The third-order valence-electron chi connectivity index (χ3n) is 3.39. The topological polar surface area (TPSA) is 71.3 Å². The van der Waals surface area contributed by atoms with E-state index >= 15 is 0 Å². The quantitative estimate of drug-likeness (QED) is 0.829. The molecular weight excluding hydrogens is 330 g/mol. The van der Waals surface area contributed by atoms with Gasteiger partial charge in [-0.15, -0.1) is 0 Å². The number of hydrogen-bond donors (Lipinski definition) is 1. The average Bonchev–Trinajstić information content (AvgIpc) is 2.60. The normalized spacial score (nSPS) is 10.2. The van der Waals surface area contributed by atoms with Crippen LogP contribution < -0.4 is 14.8 Å². The molecule has 0 aliphatic heterocycles. The highest BCUT2D eigenvalue weighted by molar-refractivity contribution is 5.91. The highest BCUT2D eigenvalue weighted by Gasteiger charge is 2.12. The second kappa shape index (κ2) is 8.64. The molecule has 0 fully saturated rings. The molecular formula is C18H16F2N2O3. The van der Waals surface area contributed by atoms with E-state index in [4.69, 9.17) is 10.00 Å². The van der Waals surface area contributed by atoms with Crippen molar-refractivity contribution in [1.82, 2.24) is 0 Å². The minimum Gasteiger partial charge on any atom is -0.493 e. The van der Waals surface area contributed by atoms with Gasteiger partial charge in [0, 0.05) is 18.2 Å². The smallest absolute Gasteiger partial charge is 0.387 e. The number of carbonyl (C=O) groups excluding carboxylic acids is 1. The monoisotopic (exact) mass is 346 g/mol. The Morgan fingerprint density at radius 1 is 1.20 bits per heavy atom. The van der Waals surface area contributed by atoms with Crippen LogP contribution in [0.4, 0.5) is 14.5 Å². The molecule has 0 unspecified atom stereocenters. The summed E-state index contributed by atoms with van der Waals surface area (Å²) in [4.78, 5) is 12.0. The van der Waals surface area contributed by atoms with E-state index in [1.807, 2.05) is 6.07 Å². The average molecular weight is 346 g/mol. The molecule has 2 aromatic rings. The molecule has 25 heavy (non-hydrogen) atoms. The fourth-order valence-electron chi connectivity index (χ4n) is 2.17. The molecule has 1 amide bonds. The predicted octanol–water partition coefficient (Wildman–Crippen LogP) is 3.74. The number of alkyl halides is 2. The summed E-state index contributed by atoms with van der Waals surface area (Å²) >= 11 is 0. The van der Waals surface area contributed by atoms with Gasteiger partial charge >= 0.3 is 6.61 Å². The van der Waals surface area contributed by atoms with Crippen molar-refractivity contribution in [2.24, 2.45) is 0 Å². The van der Waals surface area contributed by atoms with Gasteiger partial charge in [0.1, 0.15) is 0 Å². The second-order valence-corrected chi connectivity index (χ2v) is 5.10. The van der Waals surface area contributed by atoms with E-state index in [9.17, 15) is 13.6 Å². The number of carbonyl (C=O) groups is 1. The van der Waals surface area contributed by atoms with E-state index in [2.05, 4.69) is 10.1 Å². The summed E-state index contributed by atoms with van der Waals surface area (Å²) in [5, 5.41) is 11.4. The largest absolute Gasteiger partial charge is 0.493 e. The molecule has 0 saturated carbocycles. The van der Waals surface area contributed by atoms with Crippen LogP contribution >= 0.6 is 0 Å². The lowest BCUT2D eigenvalue weighted by Crippen LogP contribution is -2.13. The molecule has 0 aliphatic carbocycles. The van der Waals surface area contributed by atoms with Crippen LogP contribution in [0.1, 0.15) is 17.5 Å². The Labute approximate surface area is 143 Å². The van der Waals surface area contributed by atoms with Gasteiger partial charge in [-0.25, -0.2) is 0 Å². The van der Waals surface area contributed by atoms with Crippen LogP contribution in [0.2, 0.25) is 0 Å². The molecule has 0 atom stereocenters. The molecule has 0 saturated heterocycles. The highest BCUT2D eigenvalue weighted by Crippen LogP contribution is 2.31. The van der Waals surface area contributed by atoms with Gasteiger partial charge < -0.3 is 14.8 Å². The SMILES string of the molecule is COc1ccc(NC(=O)CCc2ccc(C#N)cc2)cc1OC(F)F. The van der Waals surface area contributed by atoms with Crippen LogP contribution in [-0.2, 0) is 11.2 Å². The van der Waals surface area contributed by atoms with E-state index < -0.39 is 6.61 Å². The van der Waals surface area contributed by atoms with Crippen LogP contribution in [0.3, 0.4) is 0 Å². The third-order valence-corrected chi connectivity index (χ3v) is 3.39. The van der Waals surface area contributed by atoms with Crippen molar-refractivity contribution >= 4 is 11.6 Å². The van der Waals surface area contributed by atoms with Gasteiger partial charge in [-0.3, -0.25) is 4.79 Å². The van der Waals surface area contributed by atoms with Gasteiger partial charge in [0.25, 0.3) is 0 Å². The minimum atomic E-state index is -2.99. The molecule has 0 heterocycles. The molecule has 2 rings (SSSR count). The van der Waals surface area contributed by atoms with E-state index in [-0.39, 0.29) is 23.8 Å². The summed E-state index contributed by atoms with van der Waals surface area (Å²) in [5.74, 6) is -0.268. The van der Waals surface area contributed by atoms with E-state index in [1.165, 1.54) is 25.3 Å². The standard InChI is InChI=1S/C18H16F2N2O3/c1-24-15-8-7-14(10-16(15)25-18(19)20)22-17(23)9-6-12-2-4-13(11-21)5-3-12/h2-5,7-8,10,18H,6,9H2,1H3,(H,22,23). The van der Waals surface area contributed by atoms with Gasteiger partial charge in [-0.05, 0) is 36.2 Å². The molecule has 7 heteroatoms. The number of nitrogens with one attached hydrogen (secondary N) is 1. The van der Waals surface area contributed by atoms with E-state index in [0.29, 0.717) is 17.7 Å². The van der Waals surface area contributed by atoms with Gasteiger partial charge in [-0.1, -0.05) is 12.1 Å². The fourth-order valence-corrected chi connectivity index (χ4v) is 2.17. The Hall–Kier alpha value is -3.14. The summed E-state index contributed by atoms with van der Waals surface area (Å²) in [6.45, 7) is -2.99. The molecule has 0 spiro atoms. The number of hydrogen-bond acceptors (Lipinski definition) is 4. The van der Waals surface area contributed by atoms with Crippen LogP contribution in [0.25, 0.3) is 0 Å². The zero-order valence-electron chi connectivity index (χ0n) is 13.5. The number of halogens is 2. The number of rotatable bonds is 7. The molecule has 0 radical (unpaired) electrons. The first kappa shape index (κ1) is 18.2. The molecule has 0 aromatic heterocycles. The number of aryl methyl sites for hydroxylation is 1. The van der Waals surface area contributed by atoms with Crippen molar-refractivity contribution in [3.05, 3.63) is 53.6 Å². The molecule has 2 aromatic carbocycles.